The molecule has 2 rings (SSSR count). The molecule has 0 aliphatic carbocycles. The standard InChI is InChI=1S/C20H22O6/c1-23-17-7-5-13(10-19(17)25-3)9-15(21)12-16(22)14-6-8-18(24-2)20(11-14)26-4/h5-8,10-11H,9,12H2,1-4H3. The van der Waals surface area contributed by atoms with E-state index in [9.17, 15) is 9.59 Å². The summed E-state index contributed by atoms with van der Waals surface area (Å²) < 4.78 is 20.7. The van der Waals surface area contributed by atoms with Crippen molar-refractivity contribution in [3.05, 3.63) is 47.5 Å². The second-order valence-electron chi connectivity index (χ2n) is 5.57. The van der Waals surface area contributed by atoms with Gasteiger partial charge in [-0.3, -0.25) is 9.59 Å². The highest BCUT2D eigenvalue weighted by atomic mass is 16.5. The van der Waals surface area contributed by atoms with Crippen LogP contribution in [0.15, 0.2) is 36.4 Å². The van der Waals surface area contributed by atoms with Crippen LogP contribution in [0.4, 0.5) is 0 Å². The molecule has 6 heteroatoms. The second kappa shape index (κ2) is 8.89. The van der Waals surface area contributed by atoms with E-state index in [1.54, 1.807) is 43.5 Å². The first-order valence-electron chi connectivity index (χ1n) is 8.00. The second-order valence-corrected chi connectivity index (χ2v) is 5.57. The Bertz CT molecular complexity index is 797. The number of Topliss-reactive ketones (excluding diaryl/α,β-unsaturated/α-hetero) is 2. The first-order chi connectivity index (χ1) is 12.5. The molecule has 0 bridgehead atoms. The lowest BCUT2D eigenvalue weighted by Crippen LogP contribution is -2.11. The summed E-state index contributed by atoms with van der Waals surface area (Å²) in [4.78, 5) is 24.7. The fourth-order valence-electron chi connectivity index (χ4n) is 2.57. The van der Waals surface area contributed by atoms with Crippen molar-refractivity contribution in [1.29, 1.82) is 0 Å². The Labute approximate surface area is 152 Å². The topological polar surface area (TPSA) is 71.1 Å². The van der Waals surface area contributed by atoms with Crippen LogP contribution in [0.1, 0.15) is 22.3 Å². The first-order valence-corrected chi connectivity index (χ1v) is 8.00. The van der Waals surface area contributed by atoms with E-state index in [1.807, 2.05) is 0 Å². The molecule has 0 saturated heterocycles. The van der Waals surface area contributed by atoms with Crippen molar-refractivity contribution in [3.8, 4) is 23.0 Å². The number of ketones is 2. The first kappa shape index (κ1) is 19.3. The van der Waals surface area contributed by atoms with Crippen LogP contribution in [0.2, 0.25) is 0 Å². The van der Waals surface area contributed by atoms with Crippen molar-refractivity contribution in [2.45, 2.75) is 12.8 Å². The normalized spacial score (nSPS) is 10.2. The molecule has 138 valence electrons. The molecule has 0 aliphatic heterocycles. The molecule has 2 aromatic carbocycles. The summed E-state index contributed by atoms with van der Waals surface area (Å²) >= 11 is 0. The third-order valence-electron chi connectivity index (χ3n) is 3.91. The molecule has 0 radical (unpaired) electrons. The Morgan fingerprint density at radius 2 is 1.27 bits per heavy atom. The molecule has 0 N–H and O–H groups in total. The van der Waals surface area contributed by atoms with E-state index in [0.29, 0.717) is 28.6 Å². The highest BCUT2D eigenvalue weighted by Crippen LogP contribution is 2.29. The van der Waals surface area contributed by atoms with Crippen LogP contribution in [0, 0.1) is 0 Å². The third kappa shape index (κ3) is 4.53. The molecule has 0 aromatic heterocycles. The summed E-state index contributed by atoms with van der Waals surface area (Å²) in [6.45, 7) is 0. The van der Waals surface area contributed by atoms with Gasteiger partial charge in [-0.25, -0.2) is 0 Å². The van der Waals surface area contributed by atoms with Gasteiger partial charge in [0.05, 0.1) is 34.9 Å². The molecule has 0 aliphatic rings. The van der Waals surface area contributed by atoms with E-state index in [2.05, 4.69) is 0 Å². The van der Waals surface area contributed by atoms with Crippen molar-refractivity contribution in [3.63, 3.8) is 0 Å². The van der Waals surface area contributed by atoms with Gasteiger partial charge in [-0.2, -0.15) is 0 Å². The quantitative estimate of drug-likeness (QED) is 0.507. The van der Waals surface area contributed by atoms with Gasteiger partial charge in [0.15, 0.2) is 28.8 Å². The van der Waals surface area contributed by atoms with Gasteiger partial charge in [0.2, 0.25) is 0 Å². The molecule has 0 amide bonds. The summed E-state index contributed by atoms with van der Waals surface area (Å²) in [7, 11) is 6.09. The summed E-state index contributed by atoms with van der Waals surface area (Å²) in [5.74, 6) is 1.66. The highest BCUT2D eigenvalue weighted by molar-refractivity contribution is 6.08. The molecule has 0 unspecified atom stereocenters. The fourth-order valence-corrected chi connectivity index (χ4v) is 2.57. The van der Waals surface area contributed by atoms with Crippen molar-refractivity contribution < 1.29 is 28.5 Å². The molecule has 2 aromatic rings. The third-order valence-corrected chi connectivity index (χ3v) is 3.91. The van der Waals surface area contributed by atoms with Crippen LogP contribution in [0.5, 0.6) is 23.0 Å². The van der Waals surface area contributed by atoms with Crippen molar-refractivity contribution in [2.24, 2.45) is 0 Å². The van der Waals surface area contributed by atoms with Crippen LogP contribution in [0.3, 0.4) is 0 Å². The molecule has 0 spiro atoms. The predicted molar refractivity (Wildman–Crippen MR) is 96.8 cm³/mol. The Hall–Kier alpha value is -3.02. The smallest absolute Gasteiger partial charge is 0.170 e. The predicted octanol–water partition coefficient (Wildman–Crippen LogP) is 3.11. The Balaban J connectivity index is 2.07. The molecule has 0 heterocycles. The Kier molecular flexibility index (Phi) is 6.60. The van der Waals surface area contributed by atoms with Gasteiger partial charge >= 0.3 is 0 Å². The van der Waals surface area contributed by atoms with Crippen molar-refractivity contribution in [1.82, 2.24) is 0 Å². The zero-order chi connectivity index (χ0) is 19.1. The maximum absolute atomic E-state index is 12.4. The maximum atomic E-state index is 12.4. The summed E-state index contributed by atoms with van der Waals surface area (Å²) in [5.41, 5.74) is 1.16. The summed E-state index contributed by atoms with van der Waals surface area (Å²) in [5, 5.41) is 0. The van der Waals surface area contributed by atoms with Crippen molar-refractivity contribution in [2.75, 3.05) is 28.4 Å². The van der Waals surface area contributed by atoms with Gasteiger partial charge < -0.3 is 18.9 Å². The SMILES string of the molecule is COc1ccc(CC(=O)CC(=O)c2ccc(OC)c(OC)c2)cc1OC. The maximum Gasteiger partial charge on any atom is 0.170 e. The zero-order valence-electron chi connectivity index (χ0n) is 15.3. The van der Waals surface area contributed by atoms with Gasteiger partial charge in [0, 0.05) is 12.0 Å². The van der Waals surface area contributed by atoms with E-state index in [1.165, 1.54) is 21.3 Å². The minimum Gasteiger partial charge on any atom is -0.493 e. The number of ether oxygens (including phenoxy) is 4. The van der Waals surface area contributed by atoms with Gasteiger partial charge in [-0.05, 0) is 35.9 Å². The molecule has 6 nitrogen and oxygen atoms in total. The molecule has 0 saturated carbocycles. The van der Waals surface area contributed by atoms with Crippen LogP contribution in [0.25, 0.3) is 0 Å². The molecule has 0 fully saturated rings. The fraction of sp³-hybridized carbons (Fsp3) is 0.300. The minimum absolute atomic E-state index is 0.138. The highest BCUT2D eigenvalue weighted by Gasteiger charge is 2.16. The Morgan fingerprint density at radius 1 is 0.731 bits per heavy atom. The van der Waals surface area contributed by atoms with E-state index < -0.39 is 0 Å². The number of hydrogen-bond acceptors (Lipinski definition) is 6. The number of rotatable bonds is 9. The number of hydrogen-bond donors (Lipinski definition) is 0. The van der Waals surface area contributed by atoms with Crippen LogP contribution < -0.4 is 18.9 Å². The largest absolute Gasteiger partial charge is 0.493 e. The lowest BCUT2D eigenvalue weighted by molar-refractivity contribution is -0.117. The number of methoxy groups -OCH3 is 4. The van der Waals surface area contributed by atoms with Gasteiger partial charge in [-0.15, -0.1) is 0 Å². The number of carbonyl (C=O) groups excluding carboxylic acids is 2. The average Bonchev–Trinajstić information content (AvgIpc) is 2.66. The zero-order valence-corrected chi connectivity index (χ0v) is 15.3. The van der Waals surface area contributed by atoms with Crippen LogP contribution in [-0.4, -0.2) is 40.0 Å². The molecule has 0 atom stereocenters. The van der Waals surface area contributed by atoms with Crippen LogP contribution in [-0.2, 0) is 11.2 Å². The van der Waals surface area contributed by atoms with Gasteiger partial charge in [0.25, 0.3) is 0 Å². The molecule has 26 heavy (non-hydrogen) atoms. The summed E-state index contributed by atoms with van der Waals surface area (Å²) in [6, 6.07) is 10.1. The molecular weight excluding hydrogens is 336 g/mol. The monoisotopic (exact) mass is 358 g/mol. The average molecular weight is 358 g/mol. The lowest BCUT2D eigenvalue weighted by atomic mass is 10.0. The van der Waals surface area contributed by atoms with E-state index >= 15 is 0 Å². The minimum atomic E-state index is -0.267. The van der Waals surface area contributed by atoms with E-state index in [4.69, 9.17) is 18.9 Å². The Morgan fingerprint density at radius 3 is 1.85 bits per heavy atom. The van der Waals surface area contributed by atoms with E-state index in [0.717, 1.165) is 5.56 Å². The van der Waals surface area contributed by atoms with Gasteiger partial charge in [-0.1, -0.05) is 6.07 Å². The molecular formula is C20H22O6. The number of benzene rings is 2. The summed E-state index contributed by atoms with van der Waals surface area (Å²) in [6.07, 6.45) is -0.0524. The van der Waals surface area contributed by atoms with E-state index in [-0.39, 0.29) is 24.4 Å². The lowest BCUT2D eigenvalue weighted by Gasteiger charge is -2.10. The van der Waals surface area contributed by atoms with Crippen molar-refractivity contribution >= 4 is 11.6 Å². The van der Waals surface area contributed by atoms with Gasteiger partial charge in [0.1, 0.15) is 5.78 Å². The van der Waals surface area contributed by atoms with Crippen LogP contribution >= 0.6 is 0 Å². The number of carbonyl (C=O) groups is 2.